The van der Waals surface area contributed by atoms with Crippen molar-refractivity contribution in [1.29, 1.82) is 0 Å². The third-order valence-corrected chi connectivity index (χ3v) is 0.558. The van der Waals surface area contributed by atoms with Crippen molar-refractivity contribution in [2.45, 2.75) is 6.92 Å². The van der Waals surface area contributed by atoms with Crippen LogP contribution in [0.3, 0.4) is 0 Å². The molecule has 0 bridgehead atoms. The molecule has 0 heterocycles. The Bertz CT molecular complexity index is 17.1. The molecule has 0 N–H and O–H groups in total. The molecule has 3 heteroatoms. The van der Waals surface area contributed by atoms with Gasteiger partial charge in [-0.1, -0.05) is 6.92 Å². The van der Waals surface area contributed by atoms with E-state index in [2.05, 4.69) is 12.1 Å². The van der Waals surface area contributed by atoms with E-state index in [1.807, 2.05) is 6.92 Å². The molecule has 0 aromatic heterocycles. The standard InChI is InChI=1S/C2H5BOS/c1-2-5-4-3/h2H2,1H3. The van der Waals surface area contributed by atoms with Gasteiger partial charge in [-0.3, -0.25) is 0 Å². The van der Waals surface area contributed by atoms with E-state index in [9.17, 15) is 0 Å². The van der Waals surface area contributed by atoms with Crippen molar-refractivity contribution in [3.8, 4) is 0 Å². The summed E-state index contributed by atoms with van der Waals surface area (Å²) in [5, 5.41) is 0. The lowest BCUT2D eigenvalue weighted by Crippen LogP contribution is -1.67. The highest BCUT2D eigenvalue weighted by molar-refractivity contribution is 7.95. The van der Waals surface area contributed by atoms with E-state index >= 15 is 0 Å². The summed E-state index contributed by atoms with van der Waals surface area (Å²) in [6.07, 6.45) is 0. The van der Waals surface area contributed by atoms with Gasteiger partial charge in [0, 0.05) is 5.75 Å². The molecule has 0 aromatic rings. The minimum atomic E-state index is 0.913. The van der Waals surface area contributed by atoms with Gasteiger partial charge in [-0.05, 0) is 12.0 Å². The maximum atomic E-state index is 4.60. The van der Waals surface area contributed by atoms with Crippen LogP contribution < -0.4 is 0 Å². The topological polar surface area (TPSA) is 9.23 Å². The summed E-state index contributed by atoms with van der Waals surface area (Å²) in [5.74, 6) is 0.913. The molecular weight excluding hydrogens is 82.9 g/mol. The molecule has 0 aliphatic carbocycles. The van der Waals surface area contributed by atoms with Gasteiger partial charge in [0.05, 0.1) is 0 Å². The fraction of sp³-hybridized carbons (Fsp3) is 1.00. The van der Waals surface area contributed by atoms with E-state index in [-0.39, 0.29) is 0 Å². The van der Waals surface area contributed by atoms with Crippen molar-refractivity contribution in [2.24, 2.45) is 0 Å². The number of hydrogen-bond donors (Lipinski definition) is 0. The van der Waals surface area contributed by atoms with Gasteiger partial charge in [-0.15, -0.1) is 0 Å². The molecule has 5 heavy (non-hydrogen) atoms. The molecule has 0 unspecified atom stereocenters. The Hall–Kier alpha value is 0.375. The average molecular weight is 87.9 g/mol. The molecule has 0 aliphatic rings. The zero-order valence-electron chi connectivity index (χ0n) is 3.10. The molecule has 0 rings (SSSR count). The first-order chi connectivity index (χ1) is 2.41. The van der Waals surface area contributed by atoms with Crippen LogP contribution in [0.5, 0.6) is 0 Å². The molecule has 0 spiro atoms. The van der Waals surface area contributed by atoms with Gasteiger partial charge >= 0.3 is 8.05 Å². The van der Waals surface area contributed by atoms with Crippen LogP contribution in [0, 0.1) is 0 Å². The van der Waals surface area contributed by atoms with Crippen LogP contribution in [0.2, 0.25) is 0 Å². The quantitative estimate of drug-likeness (QED) is 0.364. The molecule has 0 amide bonds. The van der Waals surface area contributed by atoms with Gasteiger partial charge in [-0.2, -0.15) is 0 Å². The zero-order chi connectivity index (χ0) is 4.12. The first-order valence-corrected chi connectivity index (χ1v) is 2.31. The number of rotatable bonds is 2. The average Bonchev–Trinajstić information content (AvgIpc) is 1.41. The van der Waals surface area contributed by atoms with Crippen LogP contribution in [0.25, 0.3) is 0 Å². The largest absolute Gasteiger partial charge is 0.390 e. The van der Waals surface area contributed by atoms with Crippen LogP contribution in [0.4, 0.5) is 0 Å². The van der Waals surface area contributed by atoms with Crippen molar-refractivity contribution in [3.05, 3.63) is 0 Å². The summed E-state index contributed by atoms with van der Waals surface area (Å²) in [5.41, 5.74) is 0. The molecule has 2 radical (unpaired) electrons. The van der Waals surface area contributed by atoms with E-state index < -0.39 is 0 Å². The molecule has 0 aromatic carbocycles. The van der Waals surface area contributed by atoms with Crippen molar-refractivity contribution in [1.82, 2.24) is 0 Å². The highest BCUT2D eigenvalue weighted by Crippen LogP contribution is 1.93. The van der Waals surface area contributed by atoms with Crippen LogP contribution in [0.15, 0.2) is 0 Å². The lowest BCUT2D eigenvalue weighted by molar-refractivity contribution is 0.725. The van der Waals surface area contributed by atoms with Gasteiger partial charge in [0.2, 0.25) is 0 Å². The predicted molar refractivity (Wildman–Crippen MR) is 25.0 cm³/mol. The van der Waals surface area contributed by atoms with Gasteiger partial charge < -0.3 is 4.10 Å². The molecule has 0 aliphatic heterocycles. The Labute approximate surface area is 37.7 Å². The highest BCUT2D eigenvalue weighted by Gasteiger charge is 1.67. The third kappa shape index (κ3) is 4.37. The Morgan fingerprint density at radius 1 is 2.00 bits per heavy atom. The van der Waals surface area contributed by atoms with E-state index in [0.717, 1.165) is 5.75 Å². The van der Waals surface area contributed by atoms with Crippen molar-refractivity contribution in [2.75, 3.05) is 5.75 Å². The molecule has 28 valence electrons. The molecule has 0 saturated carbocycles. The Kier molecular flexibility index (Phi) is 4.70. The van der Waals surface area contributed by atoms with Crippen LogP contribution in [0.1, 0.15) is 6.92 Å². The fourth-order valence-corrected chi connectivity index (χ4v) is 0.204. The highest BCUT2D eigenvalue weighted by atomic mass is 32.2. The first-order valence-electron chi connectivity index (χ1n) is 1.40. The molecular formula is C2H5BOS. The second-order valence-electron chi connectivity index (χ2n) is 0.503. The Morgan fingerprint density at radius 3 is 2.60 bits per heavy atom. The van der Waals surface area contributed by atoms with Gasteiger partial charge in [-0.25, -0.2) is 0 Å². The molecule has 0 atom stereocenters. The summed E-state index contributed by atoms with van der Waals surface area (Å²) in [6, 6.07) is 0. The molecule has 0 saturated heterocycles. The maximum absolute atomic E-state index is 4.60. The van der Waals surface area contributed by atoms with Gasteiger partial charge in [0.1, 0.15) is 0 Å². The van der Waals surface area contributed by atoms with Crippen LogP contribution in [-0.2, 0) is 4.10 Å². The van der Waals surface area contributed by atoms with Crippen molar-refractivity contribution < 1.29 is 4.10 Å². The summed E-state index contributed by atoms with van der Waals surface area (Å²) >= 11 is 1.24. The fourth-order valence-electron chi connectivity index (χ4n) is 0.0680. The van der Waals surface area contributed by atoms with Crippen LogP contribution >= 0.6 is 12.0 Å². The van der Waals surface area contributed by atoms with E-state index in [1.54, 1.807) is 0 Å². The maximum Gasteiger partial charge on any atom is 0.305 e. The van der Waals surface area contributed by atoms with Crippen molar-refractivity contribution in [3.63, 3.8) is 0 Å². The zero-order valence-corrected chi connectivity index (χ0v) is 3.92. The minimum absolute atomic E-state index is 0.913. The van der Waals surface area contributed by atoms with E-state index in [4.69, 9.17) is 0 Å². The third-order valence-electron chi connectivity index (χ3n) is 0.186. The second-order valence-corrected chi connectivity index (χ2v) is 1.51. The monoisotopic (exact) mass is 88.0 g/mol. The SMILES string of the molecule is [B]OSCC. The summed E-state index contributed by atoms with van der Waals surface area (Å²) in [6.45, 7) is 1.97. The van der Waals surface area contributed by atoms with E-state index in [1.165, 1.54) is 12.0 Å². The predicted octanol–water partition coefficient (Wildman–Crippen LogP) is 0.755. The Balaban J connectivity index is 2.19. The molecule has 0 fully saturated rings. The van der Waals surface area contributed by atoms with Crippen LogP contribution in [-0.4, -0.2) is 13.8 Å². The van der Waals surface area contributed by atoms with Gasteiger partial charge in [0.25, 0.3) is 0 Å². The Morgan fingerprint density at radius 2 is 2.60 bits per heavy atom. The summed E-state index contributed by atoms with van der Waals surface area (Å²) in [7, 11) is 4.60. The van der Waals surface area contributed by atoms with E-state index in [0.29, 0.717) is 0 Å². The van der Waals surface area contributed by atoms with Crippen molar-refractivity contribution >= 4 is 20.1 Å². The lowest BCUT2D eigenvalue weighted by atomic mass is 10.6. The number of hydrogen-bond acceptors (Lipinski definition) is 2. The lowest BCUT2D eigenvalue weighted by Gasteiger charge is -1.83. The van der Waals surface area contributed by atoms with Gasteiger partial charge in [0.15, 0.2) is 0 Å². The second kappa shape index (κ2) is 4.37. The minimum Gasteiger partial charge on any atom is -0.390 e. The smallest absolute Gasteiger partial charge is 0.305 e. The summed E-state index contributed by atoms with van der Waals surface area (Å²) < 4.78 is 4.11. The summed E-state index contributed by atoms with van der Waals surface area (Å²) in [4.78, 5) is 0. The molecule has 1 nitrogen and oxygen atoms in total. The normalized spacial score (nSPS) is 8.20. The first kappa shape index (κ1) is 5.37.